The first-order valence-electron chi connectivity index (χ1n) is 9.76. The number of amides is 3. The van der Waals surface area contributed by atoms with Gasteiger partial charge in [-0.1, -0.05) is 68.1 Å². The van der Waals surface area contributed by atoms with Crippen molar-refractivity contribution < 1.29 is 9.59 Å². The van der Waals surface area contributed by atoms with Crippen LogP contribution in [0, 0.1) is 5.92 Å². The smallest absolute Gasteiger partial charge is 0.321 e. The van der Waals surface area contributed by atoms with Crippen molar-refractivity contribution in [2.45, 2.75) is 37.6 Å². The van der Waals surface area contributed by atoms with Gasteiger partial charge in [0, 0.05) is 13.0 Å². The number of thioether (sulfide) groups is 1. The number of fused-ring (bicyclic) bond motifs is 1. The van der Waals surface area contributed by atoms with Gasteiger partial charge in [0.2, 0.25) is 11.1 Å². The first-order chi connectivity index (χ1) is 14.3. The molecule has 0 bridgehead atoms. The highest BCUT2D eigenvalue weighted by Crippen LogP contribution is 2.24. The van der Waals surface area contributed by atoms with Gasteiger partial charge < -0.3 is 11.2 Å². The molecule has 3 rings (SSSR count). The van der Waals surface area contributed by atoms with Gasteiger partial charge in [0.05, 0.1) is 5.25 Å². The monoisotopic (exact) mass is 426 g/mol. The Bertz CT molecular complexity index is 1040. The number of urea groups is 1. The molecule has 0 radical (unpaired) electrons. The first kappa shape index (κ1) is 21.6. The number of nitrogens with two attached hydrogens (primary N) is 1. The van der Waals surface area contributed by atoms with E-state index in [1.807, 2.05) is 38.1 Å². The Labute approximate surface area is 179 Å². The van der Waals surface area contributed by atoms with Crippen molar-refractivity contribution in [1.82, 2.24) is 25.5 Å². The third-order valence-electron chi connectivity index (χ3n) is 4.52. The zero-order valence-electron chi connectivity index (χ0n) is 17.3. The van der Waals surface area contributed by atoms with Crippen LogP contribution < -0.4 is 16.5 Å². The third kappa shape index (κ3) is 5.29. The van der Waals surface area contributed by atoms with Gasteiger partial charge in [-0.2, -0.15) is 0 Å². The van der Waals surface area contributed by atoms with E-state index >= 15 is 0 Å². The van der Waals surface area contributed by atoms with Crippen LogP contribution in [0.15, 0.2) is 47.6 Å². The van der Waals surface area contributed by atoms with E-state index in [1.54, 1.807) is 6.92 Å². The zero-order valence-corrected chi connectivity index (χ0v) is 18.1. The highest BCUT2D eigenvalue weighted by Gasteiger charge is 2.21. The third-order valence-corrected chi connectivity index (χ3v) is 5.58. The second-order valence-electron chi connectivity index (χ2n) is 7.44. The van der Waals surface area contributed by atoms with Gasteiger partial charge in [-0.3, -0.25) is 10.1 Å². The maximum atomic E-state index is 12.3. The molecule has 158 valence electrons. The largest absolute Gasteiger partial charge is 0.338 e. The van der Waals surface area contributed by atoms with Crippen molar-refractivity contribution in [3.05, 3.63) is 53.9 Å². The van der Waals surface area contributed by atoms with Crippen LogP contribution in [-0.4, -0.2) is 38.6 Å². The topological polar surface area (TPSA) is 115 Å². The Morgan fingerprint density at radius 3 is 2.60 bits per heavy atom. The zero-order chi connectivity index (χ0) is 21.7. The van der Waals surface area contributed by atoms with Gasteiger partial charge in [-0.05, 0) is 29.2 Å². The molecule has 3 amide bonds. The average Bonchev–Trinajstić information content (AvgIpc) is 3.06. The number of hydrogen-bond donors (Lipinski definition) is 3. The highest BCUT2D eigenvalue weighted by molar-refractivity contribution is 8.00. The molecule has 1 aromatic heterocycles. The second-order valence-corrected chi connectivity index (χ2v) is 8.75. The van der Waals surface area contributed by atoms with Crippen molar-refractivity contribution in [1.29, 1.82) is 0 Å². The molecule has 0 saturated carbocycles. The number of carbonyl (C=O) groups is 2. The van der Waals surface area contributed by atoms with Gasteiger partial charge in [-0.15, -0.1) is 10.2 Å². The summed E-state index contributed by atoms with van der Waals surface area (Å²) in [6, 6.07) is 13.7. The lowest BCUT2D eigenvalue weighted by Gasteiger charge is -2.12. The number of benzene rings is 2. The van der Waals surface area contributed by atoms with E-state index in [-0.39, 0.29) is 0 Å². The molecular formula is C21H26N6O2S. The van der Waals surface area contributed by atoms with E-state index < -0.39 is 17.2 Å². The lowest BCUT2D eigenvalue weighted by atomic mass is 10.0. The van der Waals surface area contributed by atoms with Crippen LogP contribution in [0.25, 0.3) is 10.8 Å². The van der Waals surface area contributed by atoms with Gasteiger partial charge in [0.15, 0.2) is 5.82 Å². The second kappa shape index (κ2) is 9.62. The number of nitrogens with zero attached hydrogens (tertiary/aromatic N) is 3. The maximum Gasteiger partial charge on any atom is 0.321 e. The number of hydrogen-bond acceptors (Lipinski definition) is 6. The molecule has 0 aliphatic heterocycles. The van der Waals surface area contributed by atoms with Crippen molar-refractivity contribution in [2.75, 3.05) is 12.4 Å². The summed E-state index contributed by atoms with van der Waals surface area (Å²) < 4.78 is 1.40. The highest BCUT2D eigenvalue weighted by atomic mass is 32.2. The molecular weight excluding hydrogens is 400 g/mol. The summed E-state index contributed by atoms with van der Waals surface area (Å²) in [5.41, 5.74) is 1.09. The average molecular weight is 427 g/mol. The fourth-order valence-corrected chi connectivity index (χ4v) is 3.68. The number of aromatic nitrogens is 3. The van der Waals surface area contributed by atoms with E-state index in [1.165, 1.54) is 4.68 Å². The van der Waals surface area contributed by atoms with Crippen LogP contribution in [0.4, 0.5) is 4.79 Å². The number of imide groups is 1. The standard InChI is InChI=1S/C21H26N6O2S/c1-13(2)12-23-20(29)24-19(28)14(3)30-21-26-25-18(27(21)22)11-16-9-6-8-15-7-4-5-10-17(15)16/h4-10,13-14H,11-12,22H2,1-3H3,(H2,23,24,28,29)/t14-/m1/s1. The summed E-state index contributed by atoms with van der Waals surface area (Å²) in [7, 11) is 0. The summed E-state index contributed by atoms with van der Waals surface area (Å²) in [4.78, 5) is 24.1. The Hall–Kier alpha value is -3.07. The first-order valence-corrected chi connectivity index (χ1v) is 10.6. The molecule has 30 heavy (non-hydrogen) atoms. The fraction of sp³-hybridized carbons (Fsp3) is 0.333. The van der Waals surface area contributed by atoms with Crippen molar-refractivity contribution in [3.63, 3.8) is 0 Å². The molecule has 8 nitrogen and oxygen atoms in total. The van der Waals surface area contributed by atoms with E-state index in [9.17, 15) is 9.59 Å². The van der Waals surface area contributed by atoms with Gasteiger partial charge >= 0.3 is 6.03 Å². The lowest BCUT2D eigenvalue weighted by molar-refractivity contribution is -0.119. The molecule has 0 fully saturated rings. The molecule has 1 heterocycles. The molecule has 0 aliphatic carbocycles. The van der Waals surface area contributed by atoms with E-state index in [0.717, 1.165) is 28.1 Å². The predicted molar refractivity (Wildman–Crippen MR) is 119 cm³/mol. The Kier molecular flexibility index (Phi) is 6.94. The SMILES string of the molecule is CC(C)CNC(=O)NC(=O)[C@@H](C)Sc1nnc(Cc2cccc3ccccc23)n1N. The fourth-order valence-electron chi connectivity index (χ4n) is 2.89. The van der Waals surface area contributed by atoms with Gasteiger partial charge in [0.1, 0.15) is 0 Å². The van der Waals surface area contributed by atoms with Crippen LogP contribution >= 0.6 is 11.8 Å². The van der Waals surface area contributed by atoms with Gasteiger partial charge in [0.25, 0.3) is 0 Å². The predicted octanol–water partition coefficient (Wildman–Crippen LogP) is 2.70. The van der Waals surface area contributed by atoms with Crippen LogP contribution in [0.3, 0.4) is 0 Å². The van der Waals surface area contributed by atoms with Crippen molar-refractivity contribution in [3.8, 4) is 0 Å². The Balaban J connectivity index is 1.65. The normalized spacial score (nSPS) is 12.1. The summed E-state index contributed by atoms with van der Waals surface area (Å²) >= 11 is 1.15. The van der Waals surface area contributed by atoms with Crippen LogP contribution in [0.5, 0.6) is 0 Å². The minimum absolute atomic E-state index is 0.300. The number of rotatable bonds is 7. The van der Waals surface area contributed by atoms with E-state index in [2.05, 4.69) is 39.0 Å². The van der Waals surface area contributed by atoms with Crippen LogP contribution in [-0.2, 0) is 11.2 Å². The minimum Gasteiger partial charge on any atom is -0.338 e. The lowest BCUT2D eigenvalue weighted by Crippen LogP contribution is -2.43. The quantitative estimate of drug-likeness (QED) is 0.395. The number of carbonyl (C=O) groups excluding carboxylic acids is 2. The van der Waals surface area contributed by atoms with Crippen LogP contribution in [0.1, 0.15) is 32.2 Å². The molecule has 0 spiro atoms. The maximum absolute atomic E-state index is 12.3. The van der Waals surface area contributed by atoms with E-state index in [4.69, 9.17) is 5.84 Å². The van der Waals surface area contributed by atoms with Crippen molar-refractivity contribution in [2.24, 2.45) is 5.92 Å². The molecule has 0 aliphatic rings. The molecule has 0 saturated heterocycles. The van der Waals surface area contributed by atoms with E-state index in [0.29, 0.717) is 29.9 Å². The Morgan fingerprint density at radius 2 is 1.83 bits per heavy atom. The summed E-state index contributed by atoms with van der Waals surface area (Å²) in [5, 5.41) is 15.4. The minimum atomic E-state index is -0.563. The van der Waals surface area contributed by atoms with Crippen LogP contribution in [0.2, 0.25) is 0 Å². The van der Waals surface area contributed by atoms with Gasteiger partial charge in [-0.25, -0.2) is 9.47 Å². The molecule has 0 unspecified atom stereocenters. The molecule has 9 heteroatoms. The Morgan fingerprint density at radius 1 is 1.10 bits per heavy atom. The molecule has 1 atom stereocenters. The summed E-state index contributed by atoms with van der Waals surface area (Å²) in [6.07, 6.45) is 0.517. The molecule has 4 N–H and O–H groups in total. The summed E-state index contributed by atoms with van der Waals surface area (Å²) in [5.74, 6) is 6.66. The summed E-state index contributed by atoms with van der Waals surface area (Å²) in [6.45, 7) is 6.14. The number of nitrogen functional groups attached to an aromatic ring is 1. The molecule has 3 aromatic rings. The van der Waals surface area contributed by atoms with Crippen molar-refractivity contribution >= 4 is 34.5 Å². The molecule has 2 aromatic carbocycles. The number of nitrogens with one attached hydrogen (secondary N) is 2.